The summed E-state index contributed by atoms with van der Waals surface area (Å²) in [6.07, 6.45) is 4.45. The summed E-state index contributed by atoms with van der Waals surface area (Å²) in [6, 6.07) is 5.90. The van der Waals surface area contributed by atoms with Gasteiger partial charge < -0.3 is 10.1 Å². The van der Waals surface area contributed by atoms with Crippen LogP contribution in [0.3, 0.4) is 0 Å². The Morgan fingerprint density at radius 3 is 2.95 bits per heavy atom. The third-order valence-electron chi connectivity index (χ3n) is 3.21. The maximum absolute atomic E-state index is 9.38. The Kier molecular flexibility index (Phi) is 3.62. The molecule has 0 aromatic carbocycles. The van der Waals surface area contributed by atoms with Crippen LogP contribution in [0.2, 0.25) is 0 Å². The zero-order chi connectivity index (χ0) is 13.9. The van der Waals surface area contributed by atoms with Crippen molar-refractivity contribution in [2.24, 2.45) is 0 Å². The van der Waals surface area contributed by atoms with Gasteiger partial charge in [-0.3, -0.25) is 4.98 Å². The molecule has 3 heterocycles. The molecule has 0 unspecified atom stereocenters. The van der Waals surface area contributed by atoms with Gasteiger partial charge in [0.25, 0.3) is 0 Å². The highest BCUT2D eigenvalue weighted by Crippen LogP contribution is 2.30. The molecule has 3 aromatic heterocycles. The van der Waals surface area contributed by atoms with E-state index in [1.807, 2.05) is 29.8 Å². The van der Waals surface area contributed by atoms with Crippen LogP contribution in [0.1, 0.15) is 17.5 Å². The zero-order valence-electron chi connectivity index (χ0n) is 11.1. The highest BCUT2D eigenvalue weighted by Gasteiger charge is 2.15. The Morgan fingerprint density at radius 2 is 2.25 bits per heavy atom. The number of imidazole rings is 1. The van der Waals surface area contributed by atoms with Gasteiger partial charge in [0, 0.05) is 34.1 Å². The first-order valence-corrected chi connectivity index (χ1v) is 7.38. The highest BCUT2D eigenvalue weighted by molar-refractivity contribution is 7.10. The SMILES string of the molecule is CCc1[nH]c(-c2ccsc2CO)nc1-c1cccnc1. The van der Waals surface area contributed by atoms with Crippen molar-refractivity contribution in [2.45, 2.75) is 20.0 Å². The van der Waals surface area contributed by atoms with E-state index in [9.17, 15) is 5.11 Å². The topological polar surface area (TPSA) is 61.8 Å². The monoisotopic (exact) mass is 285 g/mol. The van der Waals surface area contributed by atoms with Crippen molar-refractivity contribution in [3.8, 4) is 22.6 Å². The molecule has 0 aliphatic carbocycles. The average Bonchev–Trinajstić information content (AvgIpc) is 3.13. The Balaban J connectivity index is 2.10. The van der Waals surface area contributed by atoms with Crippen molar-refractivity contribution >= 4 is 11.3 Å². The lowest BCUT2D eigenvalue weighted by Gasteiger charge is -1.98. The lowest BCUT2D eigenvalue weighted by Crippen LogP contribution is -1.86. The summed E-state index contributed by atoms with van der Waals surface area (Å²) in [5.74, 6) is 0.811. The highest BCUT2D eigenvalue weighted by atomic mass is 32.1. The quantitative estimate of drug-likeness (QED) is 0.773. The second kappa shape index (κ2) is 5.56. The zero-order valence-corrected chi connectivity index (χ0v) is 11.9. The van der Waals surface area contributed by atoms with Gasteiger partial charge in [-0.2, -0.15) is 0 Å². The van der Waals surface area contributed by atoms with Crippen molar-refractivity contribution in [3.05, 3.63) is 46.5 Å². The molecule has 4 nitrogen and oxygen atoms in total. The Morgan fingerprint density at radius 1 is 1.35 bits per heavy atom. The van der Waals surface area contributed by atoms with E-state index in [4.69, 9.17) is 4.98 Å². The maximum Gasteiger partial charge on any atom is 0.139 e. The minimum Gasteiger partial charge on any atom is -0.391 e. The van der Waals surface area contributed by atoms with Crippen LogP contribution in [0.5, 0.6) is 0 Å². The molecule has 0 spiro atoms. The molecule has 0 amide bonds. The number of pyridine rings is 1. The van der Waals surface area contributed by atoms with Gasteiger partial charge in [-0.05, 0) is 30.0 Å². The molecular formula is C15H15N3OS. The maximum atomic E-state index is 9.38. The first kappa shape index (κ1) is 13.0. The summed E-state index contributed by atoms with van der Waals surface area (Å²) >= 11 is 1.54. The van der Waals surface area contributed by atoms with E-state index >= 15 is 0 Å². The standard InChI is InChI=1S/C15H15N3OS/c1-2-12-14(10-4-3-6-16-8-10)18-15(17-12)11-5-7-20-13(11)9-19/h3-8,19H,2,9H2,1H3,(H,17,18). The number of aliphatic hydroxyl groups is 1. The number of aliphatic hydroxyl groups excluding tert-OH is 1. The third-order valence-corrected chi connectivity index (χ3v) is 4.12. The molecule has 0 fully saturated rings. The van der Waals surface area contributed by atoms with Gasteiger partial charge in [0.1, 0.15) is 5.82 Å². The Labute approximate surface area is 121 Å². The smallest absolute Gasteiger partial charge is 0.139 e. The summed E-state index contributed by atoms with van der Waals surface area (Å²) in [7, 11) is 0. The largest absolute Gasteiger partial charge is 0.391 e. The second-order valence-corrected chi connectivity index (χ2v) is 5.42. The number of aryl methyl sites for hydroxylation is 1. The molecule has 102 valence electrons. The fourth-order valence-corrected chi connectivity index (χ4v) is 2.94. The van der Waals surface area contributed by atoms with Gasteiger partial charge in [-0.15, -0.1) is 11.3 Å². The second-order valence-electron chi connectivity index (χ2n) is 4.42. The van der Waals surface area contributed by atoms with E-state index in [2.05, 4.69) is 16.9 Å². The normalized spacial score (nSPS) is 10.9. The van der Waals surface area contributed by atoms with Crippen molar-refractivity contribution in [1.29, 1.82) is 0 Å². The molecular weight excluding hydrogens is 270 g/mol. The van der Waals surface area contributed by atoms with E-state index in [0.717, 1.165) is 39.6 Å². The van der Waals surface area contributed by atoms with Gasteiger partial charge in [0.05, 0.1) is 12.3 Å². The number of hydrogen-bond donors (Lipinski definition) is 2. The number of nitrogens with one attached hydrogen (secondary N) is 1. The Bertz CT molecular complexity index is 703. The van der Waals surface area contributed by atoms with Crippen LogP contribution in [-0.2, 0) is 13.0 Å². The minimum absolute atomic E-state index is 0.0391. The molecule has 0 aliphatic heterocycles. The third kappa shape index (κ3) is 2.26. The molecule has 20 heavy (non-hydrogen) atoms. The van der Waals surface area contributed by atoms with Crippen LogP contribution >= 0.6 is 11.3 Å². The van der Waals surface area contributed by atoms with Crippen molar-refractivity contribution in [3.63, 3.8) is 0 Å². The molecule has 0 saturated carbocycles. The molecule has 3 aromatic rings. The van der Waals surface area contributed by atoms with Crippen LogP contribution in [-0.4, -0.2) is 20.1 Å². The van der Waals surface area contributed by atoms with E-state index < -0.39 is 0 Å². The van der Waals surface area contributed by atoms with E-state index in [1.165, 1.54) is 0 Å². The predicted octanol–water partition coefficient (Wildman–Crippen LogP) is 3.25. The van der Waals surface area contributed by atoms with Crippen LogP contribution in [0, 0.1) is 0 Å². The molecule has 0 saturated heterocycles. The number of nitrogens with zero attached hydrogens (tertiary/aromatic N) is 2. The molecule has 0 atom stereocenters. The minimum atomic E-state index is 0.0391. The lowest BCUT2D eigenvalue weighted by molar-refractivity contribution is 0.286. The van der Waals surface area contributed by atoms with E-state index in [1.54, 1.807) is 17.5 Å². The molecule has 0 radical (unpaired) electrons. The molecule has 0 aliphatic rings. The number of H-pyrrole nitrogens is 1. The van der Waals surface area contributed by atoms with Crippen molar-refractivity contribution in [1.82, 2.24) is 15.0 Å². The van der Waals surface area contributed by atoms with Gasteiger partial charge in [0.2, 0.25) is 0 Å². The first-order valence-electron chi connectivity index (χ1n) is 6.50. The summed E-state index contributed by atoms with van der Waals surface area (Å²) in [5, 5.41) is 11.3. The van der Waals surface area contributed by atoms with Crippen LogP contribution in [0.4, 0.5) is 0 Å². The van der Waals surface area contributed by atoms with Gasteiger partial charge in [-0.1, -0.05) is 6.92 Å². The van der Waals surface area contributed by atoms with Gasteiger partial charge in [-0.25, -0.2) is 4.98 Å². The van der Waals surface area contributed by atoms with Crippen LogP contribution in [0.15, 0.2) is 36.0 Å². The fourth-order valence-electron chi connectivity index (χ4n) is 2.21. The molecule has 3 rings (SSSR count). The number of thiophene rings is 1. The number of aromatic nitrogens is 3. The summed E-state index contributed by atoms with van der Waals surface area (Å²) in [6.45, 7) is 2.13. The fraction of sp³-hybridized carbons (Fsp3) is 0.200. The van der Waals surface area contributed by atoms with Crippen molar-refractivity contribution in [2.75, 3.05) is 0 Å². The van der Waals surface area contributed by atoms with Gasteiger partial charge in [0.15, 0.2) is 0 Å². The summed E-state index contributed by atoms with van der Waals surface area (Å²) in [5.41, 5.74) is 4.00. The molecule has 2 N–H and O–H groups in total. The summed E-state index contributed by atoms with van der Waals surface area (Å²) < 4.78 is 0. The Hall–Kier alpha value is -1.98. The summed E-state index contributed by atoms with van der Waals surface area (Å²) in [4.78, 5) is 13.1. The predicted molar refractivity (Wildman–Crippen MR) is 80.4 cm³/mol. The number of rotatable bonds is 4. The van der Waals surface area contributed by atoms with E-state index in [-0.39, 0.29) is 6.61 Å². The number of hydrogen-bond acceptors (Lipinski definition) is 4. The lowest BCUT2D eigenvalue weighted by atomic mass is 10.1. The van der Waals surface area contributed by atoms with Crippen molar-refractivity contribution < 1.29 is 5.11 Å². The first-order chi connectivity index (χ1) is 9.83. The average molecular weight is 285 g/mol. The van der Waals surface area contributed by atoms with Crippen LogP contribution < -0.4 is 0 Å². The molecule has 0 bridgehead atoms. The number of aromatic amines is 1. The molecule has 5 heteroatoms. The van der Waals surface area contributed by atoms with Gasteiger partial charge >= 0.3 is 0 Å². The van der Waals surface area contributed by atoms with E-state index in [0.29, 0.717) is 0 Å². The van der Waals surface area contributed by atoms with Crippen LogP contribution in [0.25, 0.3) is 22.6 Å².